The second kappa shape index (κ2) is 2.92. The third-order valence-corrected chi connectivity index (χ3v) is 2.29. The van der Waals surface area contributed by atoms with Crippen LogP contribution in [0.25, 0.3) is 0 Å². The number of halogens is 2. The third kappa shape index (κ3) is 1.59. The van der Waals surface area contributed by atoms with Crippen LogP contribution in [-0.4, -0.2) is 25.2 Å². The first-order valence-electron chi connectivity index (χ1n) is 4.13. The molecule has 1 unspecified atom stereocenters. The van der Waals surface area contributed by atoms with E-state index in [9.17, 15) is 8.78 Å². The molecular weight excluding hydrogens is 164 g/mol. The molecule has 12 heavy (non-hydrogen) atoms. The van der Waals surface area contributed by atoms with E-state index >= 15 is 0 Å². The van der Waals surface area contributed by atoms with Crippen molar-refractivity contribution in [3.05, 3.63) is 0 Å². The van der Waals surface area contributed by atoms with Crippen molar-refractivity contribution in [2.75, 3.05) is 13.2 Å². The van der Waals surface area contributed by atoms with Crippen LogP contribution in [0.4, 0.5) is 8.78 Å². The Morgan fingerprint density at radius 1 is 1.50 bits per heavy atom. The molecule has 1 rings (SSSR count). The zero-order valence-corrected chi connectivity index (χ0v) is 7.44. The topological polar surface area (TPSA) is 35.2 Å². The van der Waals surface area contributed by atoms with Crippen molar-refractivity contribution in [3.63, 3.8) is 0 Å². The lowest BCUT2D eigenvalue weighted by atomic mass is 10.1. The highest BCUT2D eigenvalue weighted by Crippen LogP contribution is 2.59. The van der Waals surface area contributed by atoms with E-state index in [1.165, 1.54) is 0 Å². The van der Waals surface area contributed by atoms with E-state index < -0.39 is 11.3 Å². The molecule has 0 bridgehead atoms. The van der Waals surface area contributed by atoms with Crippen molar-refractivity contribution in [1.82, 2.24) is 0 Å². The largest absolute Gasteiger partial charge is 0.378 e. The molecule has 0 saturated heterocycles. The van der Waals surface area contributed by atoms with Gasteiger partial charge in [-0.25, -0.2) is 8.78 Å². The molecule has 0 radical (unpaired) electrons. The molecule has 0 aromatic heterocycles. The predicted octanol–water partition coefficient (Wildman–Crippen LogP) is 1.40. The number of nitrogens with two attached hydrogens (primary N) is 1. The van der Waals surface area contributed by atoms with E-state index in [-0.39, 0.29) is 25.7 Å². The molecule has 0 aromatic rings. The van der Waals surface area contributed by atoms with Gasteiger partial charge in [0, 0.05) is 13.0 Å². The molecule has 0 spiro atoms. The normalized spacial score (nSPS) is 32.5. The van der Waals surface area contributed by atoms with E-state index in [4.69, 9.17) is 10.5 Å². The van der Waals surface area contributed by atoms with Crippen molar-refractivity contribution in [1.29, 1.82) is 0 Å². The van der Waals surface area contributed by atoms with Crippen LogP contribution < -0.4 is 5.73 Å². The van der Waals surface area contributed by atoms with Crippen LogP contribution in [0.3, 0.4) is 0 Å². The first-order valence-corrected chi connectivity index (χ1v) is 4.13. The molecule has 1 saturated carbocycles. The highest BCUT2D eigenvalue weighted by Gasteiger charge is 2.70. The van der Waals surface area contributed by atoms with Crippen LogP contribution in [0, 0.1) is 5.41 Å². The van der Waals surface area contributed by atoms with Crippen LogP contribution in [-0.2, 0) is 4.74 Å². The number of alkyl halides is 2. The van der Waals surface area contributed by atoms with E-state index in [2.05, 4.69) is 0 Å². The minimum Gasteiger partial charge on any atom is -0.378 e. The smallest absolute Gasteiger partial charge is 0.258 e. The Kier molecular flexibility index (Phi) is 2.40. The average molecular weight is 179 g/mol. The quantitative estimate of drug-likeness (QED) is 0.708. The van der Waals surface area contributed by atoms with Gasteiger partial charge in [0.15, 0.2) is 0 Å². The van der Waals surface area contributed by atoms with Crippen LogP contribution >= 0.6 is 0 Å². The van der Waals surface area contributed by atoms with E-state index in [1.54, 1.807) is 0 Å². The molecule has 2 N–H and O–H groups in total. The summed E-state index contributed by atoms with van der Waals surface area (Å²) in [5.41, 5.74) is 4.21. The summed E-state index contributed by atoms with van der Waals surface area (Å²) in [4.78, 5) is 0. The maximum absolute atomic E-state index is 12.7. The Hall–Kier alpha value is -0.220. The van der Waals surface area contributed by atoms with Gasteiger partial charge in [-0.05, 0) is 13.8 Å². The Morgan fingerprint density at radius 2 is 2.00 bits per heavy atom. The molecule has 1 aliphatic rings. The first-order chi connectivity index (χ1) is 5.43. The fraction of sp³-hybridized carbons (Fsp3) is 1.00. The summed E-state index contributed by atoms with van der Waals surface area (Å²) < 4.78 is 30.6. The summed E-state index contributed by atoms with van der Waals surface area (Å²) in [6.45, 7) is 3.73. The number of ether oxygens (including phenoxy) is 1. The molecule has 0 aromatic carbocycles. The van der Waals surface area contributed by atoms with Gasteiger partial charge in [0.25, 0.3) is 5.92 Å². The van der Waals surface area contributed by atoms with Crippen molar-refractivity contribution < 1.29 is 13.5 Å². The molecule has 0 heterocycles. The zero-order valence-electron chi connectivity index (χ0n) is 7.44. The van der Waals surface area contributed by atoms with Gasteiger partial charge in [0.2, 0.25) is 0 Å². The molecule has 2 nitrogen and oxygen atoms in total. The summed E-state index contributed by atoms with van der Waals surface area (Å²) in [7, 11) is 0. The van der Waals surface area contributed by atoms with Crippen molar-refractivity contribution >= 4 is 0 Å². The van der Waals surface area contributed by atoms with Gasteiger partial charge in [-0.2, -0.15) is 0 Å². The van der Waals surface area contributed by atoms with Crippen LogP contribution in [0.5, 0.6) is 0 Å². The number of rotatable bonds is 4. The second-order valence-corrected chi connectivity index (χ2v) is 3.73. The highest BCUT2D eigenvalue weighted by atomic mass is 19.3. The van der Waals surface area contributed by atoms with Crippen molar-refractivity contribution in [3.8, 4) is 0 Å². The van der Waals surface area contributed by atoms with Gasteiger partial charge in [-0.3, -0.25) is 0 Å². The van der Waals surface area contributed by atoms with Gasteiger partial charge in [-0.15, -0.1) is 0 Å². The van der Waals surface area contributed by atoms with Gasteiger partial charge in [0.05, 0.1) is 18.1 Å². The fourth-order valence-electron chi connectivity index (χ4n) is 1.14. The lowest BCUT2D eigenvalue weighted by molar-refractivity contribution is -0.00858. The third-order valence-electron chi connectivity index (χ3n) is 2.29. The summed E-state index contributed by atoms with van der Waals surface area (Å²) >= 11 is 0. The number of hydrogen-bond donors (Lipinski definition) is 1. The predicted molar refractivity (Wildman–Crippen MR) is 42.1 cm³/mol. The fourth-order valence-corrected chi connectivity index (χ4v) is 1.14. The Labute approximate surface area is 71.1 Å². The summed E-state index contributed by atoms with van der Waals surface area (Å²) in [5, 5.41) is 0. The molecule has 72 valence electrons. The molecule has 1 aliphatic carbocycles. The lowest BCUT2D eigenvalue weighted by Crippen LogP contribution is -2.28. The Bertz CT molecular complexity index is 172. The summed E-state index contributed by atoms with van der Waals surface area (Å²) in [6.07, 6.45) is -0.131. The standard InChI is InChI=1S/C8H15F2NO/c1-6(2)12-5-7(4-11)3-8(7,9)10/h6H,3-5,11H2,1-2H3. The minimum atomic E-state index is -2.60. The second-order valence-electron chi connectivity index (χ2n) is 3.73. The lowest BCUT2D eigenvalue weighted by Gasteiger charge is -2.15. The monoisotopic (exact) mass is 179 g/mol. The van der Waals surface area contributed by atoms with Gasteiger partial charge in [0.1, 0.15) is 0 Å². The van der Waals surface area contributed by atoms with E-state index in [0.29, 0.717) is 0 Å². The Balaban J connectivity index is 2.40. The van der Waals surface area contributed by atoms with Crippen LogP contribution in [0.1, 0.15) is 20.3 Å². The summed E-state index contributed by atoms with van der Waals surface area (Å²) in [5.74, 6) is -2.60. The molecule has 0 amide bonds. The molecular formula is C8H15F2NO. The Morgan fingerprint density at radius 3 is 2.25 bits per heavy atom. The molecule has 1 atom stereocenters. The molecule has 0 aliphatic heterocycles. The van der Waals surface area contributed by atoms with E-state index in [1.807, 2.05) is 13.8 Å². The van der Waals surface area contributed by atoms with Crippen molar-refractivity contribution in [2.24, 2.45) is 11.1 Å². The van der Waals surface area contributed by atoms with Gasteiger partial charge < -0.3 is 10.5 Å². The highest BCUT2D eigenvalue weighted by molar-refractivity contribution is 5.10. The van der Waals surface area contributed by atoms with Crippen molar-refractivity contribution in [2.45, 2.75) is 32.3 Å². The van der Waals surface area contributed by atoms with Gasteiger partial charge >= 0.3 is 0 Å². The SMILES string of the molecule is CC(C)OCC1(CN)CC1(F)F. The van der Waals surface area contributed by atoms with Crippen LogP contribution in [0.15, 0.2) is 0 Å². The average Bonchev–Trinajstić information content (AvgIpc) is 2.51. The first kappa shape index (κ1) is 9.86. The van der Waals surface area contributed by atoms with Crippen LogP contribution in [0.2, 0.25) is 0 Å². The zero-order chi connectivity index (χ0) is 9.41. The summed E-state index contributed by atoms with van der Waals surface area (Å²) in [6, 6.07) is 0. The van der Waals surface area contributed by atoms with E-state index in [0.717, 1.165) is 0 Å². The molecule has 4 heteroatoms. The number of hydrogen-bond acceptors (Lipinski definition) is 2. The molecule has 1 fully saturated rings. The minimum absolute atomic E-state index is 0.00667. The maximum Gasteiger partial charge on any atom is 0.258 e. The maximum atomic E-state index is 12.7. The van der Waals surface area contributed by atoms with Gasteiger partial charge in [-0.1, -0.05) is 0 Å².